The summed E-state index contributed by atoms with van der Waals surface area (Å²) >= 11 is 0. The van der Waals surface area contributed by atoms with E-state index in [0.29, 0.717) is 18.7 Å². The Morgan fingerprint density at radius 1 is 1.18 bits per heavy atom. The molecule has 28 heavy (non-hydrogen) atoms. The van der Waals surface area contributed by atoms with Gasteiger partial charge in [-0.25, -0.2) is 0 Å². The van der Waals surface area contributed by atoms with Crippen LogP contribution in [-0.2, 0) is 6.54 Å². The number of para-hydroxylation sites is 1. The van der Waals surface area contributed by atoms with Gasteiger partial charge in [0.05, 0.1) is 6.54 Å². The average molecular weight is 377 g/mol. The van der Waals surface area contributed by atoms with Gasteiger partial charge in [-0.3, -0.25) is 14.7 Å². The topological polar surface area (TPSA) is 45.7 Å². The third-order valence-electron chi connectivity index (χ3n) is 5.73. The standard InChI is InChI=1S/C23H27N3O2/c1-2-14-25-15-5-10-23(11-16-25)18-26(22(27)19-8-12-24-13-9-19)17-20-6-3-4-7-21(20)28-23/h2-4,6-9,12-13H,1,5,10-11,14-18H2. The maximum absolute atomic E-state index is 13.3. The Labute approximate surface area is 166 Å². The van der Waals surface area contributed by atoms with Crippen molar-refractivity contribution >= 4 is 5.91 Å². The molecule has 1 saturated heterocycles. The summed E-state index contributed by atoms with van der Waals surface area (Å²) < 4.78 is 6.65. The molecule has 1 aromatic heterocycles. The van der Waals surface area contributed by atoms with Crippen LogP contribution in [0.2, 0.25) is 0 Å². The zero-order chi connectivity index (χ0) is 19.4. The summed E-state index contributed by atoms with van der Waals surface area (Å²) in [5, 5.41) is 0. The molecule has 0 bridgehead atoms. The van der Waals surface area contributed by atoms with Gasteiger partial charge in [-0.15, -0.1) is 6.58 Å². The normalized spacial score (nSPS) is 22.6. The Kier molecular flexibility index (Phi) is 5.44. The van der Waals surface area contributed by atoms with E-state index >= 15 is 0 Å². The third kappa shape index (κ3) is 3.94. The van der Waals surface area contributed by atoms with E-state index in [0.717, 1.165) is 50.2 Å². The van der Waals surface area contributed by atoms with Crippen molar-refractivity contribution in [2.45, 2.75) is 31.4 Å². The monoisotopic (exact) mass is 377 g/mol. The molecule has 2 aliphatic rings. The Balaban J connectivity index is 1.65. The van der Waals surface area contributed by atoms with Crippen molar-refractivity contribution in [2.75, 3.05) is 26.2 Å². The van der Waals surface area contributed by atoms with Crippen LogP contribution in [0.5, 0.6) is 5.75 Å². The number of hydrogen-bond donors (Lipinski definition) is 0. The molecule has 1 atom stereocenters. The molecule has 0 saturated carbocycles. The molecule has 2 aliphatic heterocycles. The van der Waals surface area contributed by atoms with Crippen LogP contribution in [0.25, 0.3) is 0 Å². The van der Waals surface area contributed by atoms with Crippen LogP contribution in [0.15, 0.2) is 61.4 Å². The molecule has 1 unspecified atom stereocenters. The van der Waals surface area contributed by atoms with E-state index in [1.807, 2.05) is 29.2 Å². The van der Waals surface area contributed by atoms with Gasteiger partial charge in [0.2, 0.25) is 0 Å². The summed E-state index contributed by atoms with van der Waals surface area (Å²) in [6.07, 6.45) is 8.19. The molecular formula is C23H27N3O2. The van der Waals surface area contributed by atoms with Crippen LogP contribution in [0, 0.1) is 0 Å². The summed E-state index contributed by atoms with van der Waals surface area (Å²) in [4.78, 5) is 21.7. The van der Waals surface area contributed by atoms with Crippen molar-refractivity contribution in [1.29, 1.82) is 0 Å². The fourth-order valence-corrected chi connectivity index (χ4v) is 4.28. The highest BCUT2D eigenvalue weighted by molar-refractivity contribution is 5.94. The van der Waals surface area contributed by atoms with Crippen LogP contribution < -0.4 is 4.74 Å². The van der Waals surface area contributed by atoms with E-state index in [-0.39, 0.29) is 11.5 Å². The van der Waals surface area contributed by atoms with E-state index in [2.05, 4.69) is 22.5 Å². The highest BCUT2D eigenvalue weighted by atomic mass is 16.5. The Bertz CT molecular complexity index is 839. The Morgan fingerprint density at radius 2 is 2.00 bits per heavy atom. The van der Waals surface area contributed by atoms with Gasteiger partial charge in [-0.05, 0) is 37.6 Å². The lowest BCUT2D eigenvalue weighted by atomic mass is 9.93. The predicted octanol–water partition coefficient (Wildman–Crippen LogP) is 3.53. The first-order valence-corrected chi connectivity index (χ1v) is 9.99. The molecule has 1 spiro atoms. The average Bonchev–Trinajstić information content (AvgIpc) is 3.02. The molecule has 0 N–H and O–H groups in total. The number of benzene rings is 1. The fraction of sp³-hybridized carbons (Fsp3) is 0.391. The number of pyridine rings is 1. The van der Waals surface area contributed by atoms with Gasteiger partial charge in [0, 0.05) is 49.6 Å². The van der Waals surface area contributed by atoms with Gasteiger partial charge in [0.25, 0.3) is 5.91 Å². The summed E-state index contributed by atoms with van der Waals surface area (Å²) in [5.41, 5.74) is 1.38. The quantitative estimate of drug-likeness (QED) is 0.768. The first-order valence-electron chi connectivity index (χ1n) is 9.99. The largest absolute Gasteiger partial charge is 0.485 e. The fourth-order valence-electron chi connectivity index (χ4n) is 4.28. The number of carbonyl (C=O) groups is 1. The summed E-state index contributed by atoms with van der Waals surface area (Å²) in [5.74, 6) is 0.943. The Hall–Kier alpha value is -2.66. The SMILES string of the molecule is C=CCN1CCCC2(CC1)CN(C(=O)c1ccncc1)Cc1ccccc1O2. The second-order valence-electron chi connectivity index (χ2n) is 7.73. The molecule has 4 rings (SSSR count). The van der Waals surface area contributed by atoms with Crippen molar-refractivity contribution in [3.05, 3.63) is 72.6 Å². The van der Waals surface area contributed by atoms with E-state index in [1.165, 1.54) is 0 Å². The van der Waals surface area contributed by atoms with Crippen LogP contribution >= 0.6 is 0 Å². The lowest BCUT2D eigenvalue weighted by molar-refractivity contribution is 0.0218. The van der Waals surface area contributed by atoms with Gasteiger partial charge in [0.1, 0.15) is 11.4 Å². The molecule has 1 fully saturated rings. The maximum atomic E-state index is 13.3. The minimum Gasteiger partial charge on any atom is -0.485 e. The molecule has 1 amide bonds. The third-order valence-corrected chi connectivity index (χ3v) is 5.73. The number of rotatable bonds is 3. The number of ether oxygens (including phenoxy) is 1. The second-order valence-corrected chi connectivity index (χ2v) is 7.73. The van der Waals surface area contributed by atoms with Gasteiger partial charge in [-0.1, -0.05) is 24.3 Å². The number of nitrogens with zero attached hydrogens (tertiary/aromatic N) is 3. The summed E-state index contributed by atoms with van der Waals surface area (Å²) in [6.45, 7) is 7.92. The smallest absolute Gasteiger partial charge is 0.254 e. The van der Waals surface area contributed by atoms with E-state index < -0.39 is 0 Å². The van der Waals surface area contributed by atoms with Crippen LogP contribution in [0.4, 0.5) is 0 Å². The molecule has 1 aromatic carbocycles. The molecule has 0 aliphatic carbocycles. The van der Waals surface area contributed by atoms with Gasteiger partial charge in [0.15, 0.2) is 0 Å². The van der Waals surface area contributed by atoms with Gasteiger partial charge >= 0.3 is 0 Å². The highest BCUT2D eigenvalue weighted by Crippen LogP contribution is 2.36. The molecule has 3 heterocycles. The van der Waals surface area contributed by atoms with Gasteiger partial charge < -0.3 is 9.64 Å². The van der Waals surface area contributed by atoms with Gasteiger partial charge in [-0.2, -0.15) is 0 Å². The minimum atomic E-state index is -0.356. The van der Waals surface area contributed by atoms with Crippen LogP contribution in [0.3, 0.4) is 0 Å². The number of carbonyl (C=O) groups excluding carboxylic acids is 1. The second kappa shape index (κ2) is 8.15. The molecular weight excluding hydrogens is 350 g/mol. The lowest BCUT2D eigenvalue weighted by Crippen LogP contribution is -2.48. The summed E-state index contributed by atoms with van der Waals surface area (Å²) in [6, 6.07) is 11.7. The number of likely N-dealkylation sites (tertiary alicyclic amines) is 1. The molecule has 5 heteroatoms. The first-order chi connectivity index (χ1) is 13.7. The zero-order valence-corrected chi connectivity index (χ0v) is 16.2. The van der Waals surface area contributed by atoms with Crippen LogP contribution in [-0.4, -0.2) is 52.5 Å². The van der Waals surface area contributed by atoms with E-state index in [1.54, 1.807) is 24.5 Å². The Morgan fingerprint density at radius 3 is 2.82 bits per heavy atom. The van der Waals surface area contributed by atoms with Crippen molar-refractivity contribution in [3.8, 4) is 5.75 Å². The number of amides is 1. The molecule has 146 valence electrons. The van der Waals surface area contributed by atoms with Crippen molar-refractivity contribution in [3.63, 3.8) is 0 Å². The minimum absolute atomic E-state index is 0.0364. The molecule has 5 nitrogen and oxygen atoms in total. The van der Waals surface area contributed by atoms with E-state index in [9.17, 15) is 4.79 Å². The predicted molar refractivity (Wildman–Crippen MR) is 109 cm³/mol. The van der Waals surface area contributed by atoms with Crippen molar-refractivity contribution in [2.24, 2.45) is 0 Å². The first kappa shape index (κ1) is 18.7. The number of aromatic nitrogens is 1. The highest BCUT2D eigenvalue weighted by Gasteiger charge is 2.40. The van der Waals surface area contributed by atoms with Crippen LogP contribution in [0.1, 0.15) is 35.2 Å². The van der Waals surface area contributed by atoms with Crippen molar-refractivity contribution < 1.29 is 9.53 Å². The number of fused-ring (bicyclic) bond motifs is 1. The van der Waals surface area contributed by atoms with Crippen molar-refractivity contribution in [1.82, 2.24) is 14.8 Å². The molecule has 2 aromatic rings. The molecule has 0 radical (unpaired) electrons. The lowest BCUT2D eigenvalue weighted by Gasteiger charge is -2.35. The maximum Gasteiger partial charge on any atom is 0.254 e. The number of hydrogen-bond acceptors (Lipinski definition) is 4. The summed E-state index contributed by atoms with van der Waals surface area (Å²) in [7, 11) is 0. The zero-order valence-electron chi connectivity index (χ0n) is 16.2. The van der Waals surface area contributed by atoms with E-state index in [4.69, 9.17) is 4.74 Å².